The second-order valence-corrected chi connectivity index (χ2v) is 6.24. The molecule has 1 atom stereocenters. The molecule has 1 aromatic carbocycles. The molecule has 5 nitrogen and oxygen atoms in total. The minimum atomic E-state index is -0.182. The van der Waals surface area contributed by atoms with E-state index in [4.69, 9.17) is 4.74 Å². The lowest BCUT2D eigenvalue weighted by Gasteiger charge is -2.38. The number of nitrogens with one attached hydrogen (secondary N) is 2. The lowest BCUT2D eigenvalue weighted by Crippen LogP contribution is -2.42. The topological polar surface area (TPSA) is 53.6 Å². The Bertz CT molecular complexity index is 500. The molecule has 0 bridgehead atoms. The van der Waals surface area contributed by atoms with Crippen LogP contribution in [0.5, 0.6) is 5.75 Å². The Kier molecular flexibility index (Phi) is 4.73. The van der Waals surface area contributed by atoms with Gasteiger partial charge in [0.25, 0.3) is 0 Å². The van der Waals surface area contributed by atoms with E-state index in [1.54, 1.807) is 14.1 Å². The van der Waals surface area contributed by atoms with E-state index in [9.17, 15) is 4.79 Å². The van der Waals surface area contributed by atoms with Gasteiger partial charge in [0.1, 0.15) is 11.4 Å². The van der Waals surface area contributed by atoms with E-state index in [1.807, 2.05) is 18.2 Å². The Balaban J connectivity index is 1.92. The summed E-state index contributed by atoms with van der Waals surface area (Å²) in [6.45, 7) is 5.54. The molecule has 1 unspecified atom stereocenters. The van der Waals surface area contributed by atoms with Gasteiger partial charge in [-0.2, -0.15) is 0 Å². The summed E-state index contributed by atoms with van der Waals surface area (Å²) < 4.78 is 6.01. The van der Waals surface area contributed by atoms with Crippen molar-refractivity contribution in [3.05, 3.63) is 29.8 Å². The van der Waals surface area contributed by atoms with Crippen LogP contribution in [-0.2, 0) is 0 Å². The fourth-order valence-electron chi connectivity index (χ4n) is 2.56. The zero-order chi connectivity index (χ0) is 15.5. The quantitative estimate of drug-likeness (QED) is 0.836. The number of carbonyl (C=O) groups is 1. The van der Waals surface area contributed by atoms with Crippen LogP contribution in [0.4, 0.5) is 4.79 Å². The van der Waals surface area contributed by atoms with Gasteiger partial charge in [0.05, 0.1) is 0 Å². The monoisotopic (exact) mass is 291 g/mol. The van der Waals surface area contributed by atoms with Gasteiger partial charge >= 0.3 is 6.03 Å². The molecule has 1 aromatic rings. The summed E-state index contributed by atoms with van der Waals surface area (Å²) in [5.74, 6) is 0.948. The van der Waals surface area contributed by atoms with Crippen molar-refractivity contribution in [3.63, 3.8) is 0 Å². The molecular formula is C16H25N3O2. The number of amides is 2. The third kappa shape index (κ3) is 4.11. The first kappa shape index (κ1) is 15.6. The van der Waals surface area contributed by atoms with Crippen molar-refractivity contribution in [1.82, 2.24) is 15.5 Å². The number of rotatable bonds is 4. The maximum absolute atomic E-state index is 11.5. The van der Waals surface area contributed by atoms with Gasteiger partial charge in [-0.15, -0.1) is 0 Å². The van der Waals surface area contributed by atoms with Gasteiger partial charge in [0, 0.05) is 45.2 Å². The van der Waals surface area contributed by atoms with E-state index >= 15 is 0 Å². The van der Waals surface area contributed by atoms with Crippen molar-refractivity contribution in [2.24, 2.45) is 0 Å². The van der Waals surface area contributed by atoms with Crippen LogP contribution in [-0.4, -0.2) is 43.7 Å². The average Bonchev–Trinajstić information content (AvgIpc) is 2.41. The Morgan fingerprint density at radius 1 is 1.33 bits per heavy atom. The van der Waals surface area contributed by atoms with Crippen LogP contribution >= 0.6 is 0 Å². The van der Waals surface area contributed by atoms with E-state index in [0.29, 0.717) is 6.54 Å². The van der Waals surface area contributed by atoms with Crippen molar-refractivity contribution >= 4 is 6.03 Å². The first-order valence-electron chi connectivity index (χ1n) is 7.35. The first-order chi connectivity index (χ1) is 9.89. The second kappa shape index (κ2) is 6.35. The van der Waals surface area contributed by atoms with E-state index in [-0.39, 0.29) is 17.7 Å². The molecule has 0 aromatic heterocycles. The Hall–Kier alpha value is -1.75. The maximum Gasteiger partial charge on any atom is 0.316 e. The summed E-state index contributed by atoms with van der Waals surface area (Å²) in [6.07, 6.45) is 0.908. The number of benzene rings is 1. The van der Waals surface area contributed by atoms with Crippen molar-refractivity contribution in [1.29, 1.82) is 0 Å². The molecule has 0 aliphatic carbocycles. The predicted octanol–water partition coefficient (Wildman–Crippen LogP) is 2.15. The molecule has 0 spiro atoms. The van der Waals surface area contributed by atoms with Gasteiger partial charge in [0.2, 0.25) is 0 Å². The highest BCUT2D eigenvalue weighted by Crippen LogP contribution is 2.38. The highest BCUT2D eigenvalue weighted by Gasteiger charge is 2.32. The van der Waals surface area contributed by atoms with Crippen LogP contribution in [0.25, 0.3) is 0 Å². The lowest BCUT2D eigenvalue weighted by molar-refractivity contribution is 0.0662. The molecule has 5 heteroatoms. The first-order valence-corrected chi connectivity index (χ1v) is 7.35. The van der Waals surface area contributed by atoms with E-state index < -0.39 is 0 Å². The van der Waals surface area contributed by atoms with E-state index in [0.717, 1.165) is 18.7 Å². The molecule has 2 amide bonds. The Labute approximate surface area is 126 Å². The van der Waals surface area contributed by atoms with Gasteiger partial charge in [-0.05, 0) is 19.9 Å². The molecule has 1 aliphatic heterocycles. The zero-order valence-corrected chi connectivity index (χ0v) is 13.3. The Morgan fingerprint density at radius 3 is 2.76 bits per heavy atom. The summed E-state index contributed by atoms with van der Waals surface area (Å²) in [4.78, 5) is 13.0. The fourth-order valence-corrected chi connectivity index (χ4v) is 2.56. The number of para-hydroxylation sites is 1. The number of hydrogen-bond donors (Lipinski definition) is 2. The van der Waals surface area contributed by atoms with E-state index in [1.165, 1.54) is 10.5 Å². The van der Waals surface area contributed by atoms with Crippen LogP contribution < -0.4 is 15.4 Å². The number of ether oxygens (including phenoxy) is 1. The minimum Gasteiger partial charge on any atom is -0.487 e. The van der Waals surface area contributed by atoms with Gasteiger partial charge in [-0.1, -0.05) is 18.2 Å². The standard InChI is InChI=1S/C16H25N3O2/c1-16(2)11-13(12-7-5-6-8-14(12)21-16)17-9-10-18-15(20)19(3)4/h5-8,13,17H,9-11H2,1-4H3,(H,18,20). The van der Waals surface area contributed by atoms with Crippen molar-refractivity contribution in [3.8, 4) is 5.75 Å². The molecule has 21 heavy (non-hydrogen) atoms. The molecule has 0 saturated carbocycles. The third-order valence-electron chi connectivity index (χ3n) is 3.57. The predicted molar refractivity (Wildman–Crippen MR) is 83.6 cm³/mol. The van der Waals surface area contributed by atoms with Crippen LogP contribution in [0.3, 0.4) is 0 Å². The SMILES string of the molecule is CN(C)C(=O)NCCNC1CC(C)(C)Oc2ccccc21. The van der Waals surface area contributed by atoms with Crippen molar-refractivity contribution in [2.45, 2.75) is 31.9 Å². The van der Waals surface area contributed by atoms with Crippen molar-refractivity contribution in [2.75, 3.05) is 27.2 Å². The highest BCUT2D eigenvalue weighted by atomic mass is 16.5. The molecule has 1 heterocycles. The minimum absolute atomic E-state index is 0.0653. The molecular weight excluding hydrogens is 266 g/mol. The van der Waals surface area contributed by atoms with Crippen molar-refractivity contribution < 1.29 is 9.53 Å². The molecule has 2 rings (SSSR count). The average molecular weight is 291 g/mol. The van der Waals surface area contributed by atoms with Crippen LogP contribution in [0.1, 0.15) is 31.9 Å². The second-order valence-electron chi connectivity index (χ2n) is 6.24. The number of nitrogens with zero attached hydrogens (tertiary/aromatic N) is 1. The number of hydrogen-bond acceptors (Lipinski definition) is 3. The Morgan fingerprint density at radius 2 is 2.05 bits per heavy atom. The summed E-state index contributed by atoms with van der Waals surface area (Å²) >= 11 is 0. The highest BCUT2D eigenvalue weighted by molar-refractivity contribution is 5.73. The van der Waals surface area contributed by atoms with E-state index in [2.05, 4.69) is 30.5 Å². The lowest BCUT2D eigenvalue weighted by atomic mass is 9.90. The zero-order valence-electron chi connectivity index (χ0n) is 13.3. The molecule has 0 saturated heterocycles. The van der Waals surface area contributed by atoms with Gasteiger partial charge in [-0.3, -0.25) is 0 Å². The van der Waals surface area contributed by atoms with Gasteiger partial charge in [0.15, 0.2) is 0 Å². The summed E-state index contributed by atoms with van der Waals surface area (Å²) in [7, 11) is 3.47. The summed E-state index contributed by atoms with van der Waals surface area (Å²) in [5.41, 5.74) is 1.01. The molecule has 116 valence electrons. The molecule has 2 N–H and O–H groups in total. The molecule has 1 aliphatic rings. The number of carbonyl (C=O) groups excluding carboxylic acids is 1. The van der Waals surface area contributed by atoms with Crippen LogP contribution in [0, 0.1) is 0 Å². The smallest absolute Gasteiger partial charge is 0.316 e. The normalized spacial score (nSPS) is 19.3. The summed E-state index contributed by atoms with van der Waals surface area (Å²) in [6, 6.07) is 8.32. The maximum atomic E-state index is 11.5. The molecule has 0 fully saturated rings. The third-order valence-corrected chi connectivity index (χ3v) is 3.57. The van der Waals surface area contributed by atoms with Crippen LogP contribution in [0.2, 0.25) is 0 Å². The van der Waals surface area contributed by atoms with Crippen LogP contribution in [0.15, 0.2) is 24.3 Å². The number of fused-ring (bicyclic) bond motifs is 1. The number of urea groups is 1. The fraction of sp³-hybridized carbons (Fsp3) is 0.562. The van der Waals surface area contributed by atoms with Gasteiger partial charge in [-0.25, -0.2) is 4.79 Å². The van der Waals surface area contributed by atoms with Gasteiger partial charge < -0.3 is 20.3 Å². The largest absolute Gasteiger partial charge is 0.487 e. The molecule has 0 radical (unpaired) electrons. The summed E-state index contributed by atoms with van der Waals surface area (Å²) in [5, 5.41) is 6.37.